The first-order valence-corrected chi connectivity index (χ1v) is 35.7. The fourth-order valence-electron chi connectivity index (χ4n) is 12.9. The molecule has 116 heavy (non-hydrogen) atoms. The number of aromatic hydroxyl groups is 4. The minimum absolute atomic E-state index is 0.0193. The van der Waals surface area contributed by atoms with Crippen molar-refractivity contribution in [3.05, 3.63) is 311 Å². The summed E-state index contributed by atoms with van der Waals surface area (Å²) in [4.78, 5) is 91.9. The van der Waals surface area contributed by atoms with E-state index < -0.39 is 23.6 Å². The highest BCUT2D eigenvalue weighted by Gasteiger charge is 2.29. The van der Waals surface area contributed by atoms with Crippen LogP contribution in [0.4, 0.5) is 0 Å². The Morgan fingerprint density at radius 3 is 1.03 bits per heavy atom. The lowest BCUT2D eigenvalue weighted by atomic mass is 10.1. The number of H-pyrrole nitrogens is 2. The van der Waals surface area contributed by atoms with Crippen molar-refractivity contribution in [3.63, 3.8) is 0 Å². The third-order valence-electron chi connectivity index (χ3n) is 18.4. The number of hydrazone groups is 4. The number of aromatic nitrogens is 8. The number of fused-ring (bicyclic) bond motifs is 20. The second-order valence-corrected chi connectivity index (χ2v) is 25.8. The van der Waals surface area contributed by atoms with Crippen LogP contribution in [-0.2, 0) is 0 Å². The van der Waals surface area contributed by atoms with E-state index in [2.05, 4.69) is 52.1 Å². The van der Waals surface area contributed by atoms with E-state index in [4.69, 9.17) is 48.9 Å². The normalized spacial score (nSPS) is 11.6. The molecule has 5 heterocycles. The van der Waals surface area contributed by atoms with E-state index in [0.717, 1.165) is 0 Å². The summed E-state index contributed by atoms with van der Waals surface area (Å²) in [7, 11) is 0. The Balaban J connectivity index is 0.848. The van der Waals surface area contributed by atoms with Gasteiger partial charge in [0.25, 0.3) is 23.6 Å². The van der Waals surface area contributed by atoms with E-state index >= 15 is 0 Å². The average molecular weight is 1530 g/mol. The van der Waals surface area contributed by atoms with Crippen LogP contribution in [0.25, 0.3) is 89.7 Å². The van der Waals surface area contributed by atoms with Crippen molar-refractivity contribution in [1.82, 2.24) is 61.6 Å². The first kappa shape index (κ1) is 71.9. The summed E-state index contributed by atoms with van der Waals surface area (Å²) in [6, 6.07) is 74.0. The molecule has 3 aromatic heterocycles. The second kappa shape index (κ2) is 31.5. The van der Waals surface area contributed by atoms with Gasteiger partial charge >= 0.3 is 0 Å². The van der Waals surface area contributed by atoms with Crippen LogP contribution in [0.15, 0.2) is 287 Å². The van der Waals surface area contributed by atoms with Crippen molar-refractivity contribution in [1.29, 1.82) is 0 Å². The Hall–Kier alpha value is -17.0. The summed E-state index contributed by atoms with van der Waals surface area (Å²) in [5, 5.41) is 60.6. The summed E-state index contributed by atoms with van der Waals surface area (Å²) < 4.78 is 27.5. The Kier molecular flexibility index (Phi) is 19.5. The van der Waals surface area contributed by atoms with Gasteiger partial charge in [0.1, 0.15) is 91.6 Å². The molecule has 8 bridgehead atoms. The summed E-state index contributed by atoms with van der Waals surface area (Å²) in [6.07, 6.45) is 5.66. The molecule has 2 aliphatic heterocycles. The fraction of sp³-hybridized carbons (Fsp3) is 0. The van der Waals surface area contributed by atoms with E-state index in [1.54, 1.807) is 194 Å². The zero-order valence-corrected chi connectivity index (χ0v) is 60.2. The van der Waals surface area contributed by atoms with Gasteiger partial charge in [-0.3, -0.25) is 19.2 Å². The number of nitrogens with one attached hydrogen (secondary N) is 6. The number of hydrogen-bond donors (Lipinski definition) is 10. The molecule has 0 radical (unpaired) electrons. The summed E-state index contributed by atoms with van der Waals surface area (Å²) in [6.45, 7) is 0. The van der Waals surface area contributed by atoms with Crippen molar-refractivity contribution in [3.8, 4) is 115 Å². The SMILES string of the molecule is O=C(N/N=C\c1ccccc1Oc1cccc2c1-c1nc-2nc2[nH]c(nc3nc(nc4[nH]c(n1)c1cc(Oc5ccccc5/C=N/NC(=O)c5ccccc5O)ccc41)-c1cccc(Oc4ccccc4/C=N/NC(=O)c4ccccc4O)c1-3)c1cccc(Oc3ccccc3/C=N/NC(=O)c3ccccc3O)c21)c1ccccc1O. The van der Waals surface area contributed by atoms with Gasteiger partial charge in [-0.05, 0) is 133 Å². The molecule has 28 heteroatoms. The molecule has 562 valence electrons. The van der Waals surface area contributed by atoms with Crippen molar-refractivity contribution in [2.75, 3.05) is 0 Å². The lowest BCUT2D eigenvalue weighted by molar-refractivity contribution is 0.0944. The van der Waals surface area contributed by atoms with Crippen LogP contribution < -0.4 is 40.7 Å². The van der Waals surface area contributed by atoms with Gasteiger partial charge in [-0.1, -0.05) is 133 Å². The van der Waals surface area contributed by atoms with Crippen LogP contribution in [0.5, 0.6) is 69.0 Å². The number of aromatic amines is 2. The molecule has 0 fully saturated rings. The molecule has 0 spiro atoms. The zero-order chi connectivity index (χ0) is 79.2. The highest BCUT2D eigenvalue weighted by atomic mass is 16.5. The molecular formula is C88H58N16O12. The predicted molar refractivity (Wildman–Crippen MR) is 435 cm³/mol. The Labute approximate surface area is 655 Å². The largest absolute Gasteiger partial charge is 0.507 e. The Morgan fingerprint density at radius 2 is 0.612 bits per heavy atom. The third kappa shape index (κ3) is 14.8. The minimum atomic E-state index is -0.648. The van der Waals surface area contributed by atoms with Gasteiger partial charge < -0.3 is 49.3 Å². The maximum absolute atomic E-state index is 13.2. The number of carbonyl (C=O) groups is 4. The van der Waals surface area contributed by atoms with Crippen molar-refractivity contribution >= 4 is 92.6 Å². The number of nitrogens with zero attached hydrogens (tertiary/aromatic N) is 10. The van der Waals surface area contributed by atoms with Crippen LogP contribution in [-0.4, -0.2) is 109 Å². The predicted octanol–water partition coefficient (Wildman–Crippen LogP) is 15.9. The number of amides is 4. The summed E-state index contributed by atoms with van der Waals surface area (Å²) in [5.41, 5.74) is 14.6. The monoisotopic (exact) mass is 1530 g/mol. The number of phenols is 4. The second-order valence-electron chi connectivity index (χ2n) is 25.8. The van der Waals surface area contributed by atoms with E-state index in [0.29, 0.717) is 94.8 Å². The molecule has 17 rings (SSSR count). The molecule has 0 atom stereocenters. The average Bonchev–Trinajstić information content (AvgIpc) is 1.59. The summed E-state index contributed by atoms with van der Waals surface area (Å²) in [5.74, 6) is -0.423. The van der Waals surface area contributed by atoms with Crippen molar-refractivity contribution in [2.24, 2.45) is 20.4 Å². The van der Waals surface area contributed by atoms with Crippen molar-refractivity contribution < 1.29 is 58.6 Å². The van der Waals surface area contributed by atoms with Gasteiger partial charge in [0.2, 0.25) is 0 Å². The first-order chi connectivity index (χ1) is 56.8. The maximum atomic E-state index is 13.2. The van der Waals surface area contributed by atoms with E-state index in [9.17, 15) is 39.6 Å². The van der Waals surface area contributed by atoms with Gasteiger partial charge in [-0.2, -0.15) is 20.4 Å². The highest BCUT2D eigenvalue weighted by Crippen LogP contribution is 2.47. The van der Waals surface area contributed by atoms with Gasteiger partial charge in [0.15, 0.2) is 23.3 Å². The van der Waals surface area contributed by atoms with Crippen LogP contribution in [0.2, 0.25) is 0 Å². The molecule has 2 aliphatic rings. The zero-order valence-electron chi connectivity index (χ0n) is 60.2. The van der Waals surface area contributed by atoms with Gasteiger partial charge in [-0.15, -0.1) is 0 Å². The van der Waals surface area contributed by atoms with E-state index in [-0.39, 0.29) is 108 Å². The van der Waals surface area contributed by atoms with Crippen LogP contribution >= 0.6 is 0 Å². The third-order valence-corrected chi connectivity index (χ3v) is 18.4. The lowest BCUT2D eigenvalue weighted by Crippen LogP contribution is -2.17. The fourth-order valence-corrected chi connectivity index (χ4v) is 12.9. The molecule has 28 nitrogen and oxygen atoms in total. The molecule has 0 aliphatic carbocycles. The van der Waals surface area contributed by atoms with E-state index in [1.807, 2.05) is 24.3 Å². The van der Waals surface area contributed by atoms with E-state index in [1.165, 1.54) is 73.4 Å². The lowest BCUT2D eigenvalue weighted by Gasteiger charge is -2.12. The highest BCUT2D eigenvalue weighted by molar-refractivity contribution is 6.10. The number of carbonyl (C=O) groups excluding carboxylic acids is 4. The van der Waals surface area contributed by atoms with Gasteiger partial charge in [0, 0.05) is 49.5 Å². The van der Waals surface area contributed by atoms with Gasteiger partial charge in [-0.25, -0.2) is 51.6 Å². The Bertz CT molecular complexity index is 6820. The molecule has 0 saturated carbocycles. The van der Waals surface area contributed by atoms with Crippen LogP contribution in [0.1, 0.15) is 63.7 Å². The number of rotatable bonds is 20. The Morgan fingerprint density at radius 1 is 0.293 bits per heavy atom. The van der Waals surface area contributed by atoms with Gasteiger partial charge in [0.05, 0.1) is 63.6 Å². The smallest absolute Gasteiger partial charge is 0.275 e. The summed E-state index contributed by atoms with van der Waals surface area (Å²) >= 11 is 0. The quantitative estimate of drug-likeness (QED) is 0.0250. The molecular weight excluding hydrogens is 1470 g/mol. The molecule has 0 unspecified atom stereocenters. The van der Waals surface area contributed by atoms with Crippen LogP contribution in [0, 0.1) is 0 Å². The number of para-hydroxylation sites is 8. The molecule has 4 amide bonds. The number of benzene rings is 12. The molecule has 15 aromatic rings. The molecule has 12 aromatic carbocycles. The number of ether oxygens (including phenoxy) is 4. The maximum Gasteiger partial charge on any atom is 0.275 e. The molecule has 10 N–H and O–H groups in total. The molecule has 0 saturated heterocycles. The minimum Gasteiger partial charge on any atom is -0.507 e. The number of hydrogen-bond acceptors (Lipinski definition) is 22. The topological polar surface area (TPSA) is 393 Å². The standard InChI is InChI=1S/C88H58N16O12/c105-63-31-9-5-24-55(63)85(109)101-89-45-49-20-1-13-35-67(49)113-53-42-43-54-62(44-53)81-94-77(54)93-78-59-28-17-39-71(114-68-36-14-2-21-50(68)46-90-102-86(110)56-25-6-10-32-64(56)106)74(59)82(95-78)96-79-60-29-18-40-72(115-69-37-15-3-22-51(69)47-91-103-87(111)57-26-7-11-33-65(57)107)75(60)83(97-79)98-80-61-30-19-41-73(76(61)84(99-80)100-81)116-70-38-16-4-23-52(70)48-92-104-88(112)58-27-8-12-34-66(58)108/h1-48,105-108H,(H,101,109)(H,102,110)(H,103,111)(H,104,112)(H2,93,94,95,96,97,98,99,100)/b89-45+,90-46+,91-47+,92-48-. The number of phenolic OH excluding ortho intramolecular Hbond substituents is 4. The first-order valence-electron chi connectivity index (χ1n) is 35.7. The van der Waals surface area contributed by atoms with Crippen molar-refractivity contribution in [2.45, 2.75) is 0 Å². The van der Waals surface area contributed by atoms with Crippen LogP contribution in [0.3, 0.4) is 0 Å².